The standard InChI is InChI=1S/C22H21F2N5O2/c1-13(12-30)18-7-6-16(11-26-18)28-21-25-9-8-19(29-21)14-2-4-15(5-3-14)27-20(31)17-10-22(17,23)24/h2-9,11,13,17,30H,10,12H2,1H3,(H,27,31)(H,25,28,29). The molecule has 0 bridgehead atoms. The highest BCUT2D eigenvalue weighted by molar-refractivity contribution is 5.95. The van der Waals surface area contributed by atoms with E-state index in [1.54, 1.807) is 42.7 Å². The second-order valence-corrected chi connectivity index (χ2v) is 7.53. The number of aliphatic hydroxyl groups excluding tert-OH is 1. The molecule has 2 aromatic heterocycles. The van der Waals surface area contributed by atoms with Crippen molar-refractivity contribution in [1.29, 1.82) is 0 Å². The number of hydrogen-bond acceptors (Lipinski definition) is 6. The predicted molar refractivity (Wildman–Crippen MR) is 112 cm³/mol. The molecule has 0 aliphatic heterocycles. The largest absolute Gasteiger partial charge is 0.396 e. The van der Waals surface area contributed by atoms with Gasteiger partial charge in [0.25, 0.3) is 5.92 Å². The zero-order valence-corrected chi connectivity index (χ0v) is 16.7. The molecule has 2 unspecified atom stereocenters. The van der Waals surface area contributed by atoms with Crippen LogP contribution in [0.5, 0.6) is 0 Å². The van der Waals surface area contributed by atoms with Gasteiger partial charge in [-0.15, -0.1) is 0 Å². The quantitative estimate of drug-likeness (QED) is 0.530. The Hall–Kier alpha value is -3.46. The number of nitrogens with zero attached hydrogens (tertiary/aromatic N) is 3. The molecule has 3 aromatic rings. The molecule has 7 nitrogen and oxygen atoms in total. The van der Waals surface area contributed by atoms with Crippen molar-refractivity contribution in [2.75, 3.05) is 17.2 Å². The summed E-state index contributed by atoms with van der Waals surface area (Å²) >= 11 is 0. The van der Waals surface area contributed by atoms with E-state index < -0.39 is 24.2 Å². The number of carbonyl (C=O) groups is 1. The van der Waals surface area contributed by atoms with Gasteiger partial charge in [0.15, 0.2) is 0 Å². The van der Waals surface area contributed by atoms with Gasteiger partial charge < -0.3 is 15.7 Å². The number of amides is 1. The molecule has 0 spiro atoms. The summed E-state index contributed by atoms with van der Waals surface area (Å²) < 4.78 is 26.0. The molecule has 0 radical (unpaired) electrons. The van der Waals surface area contributed by atoms with Crippen molar-refractivity contribution in [3.05, 3.63) is 60.6 Å². The molecule has 1 fully saturated rings. The lowest BCUT2D eigenvalue weighted by Gasteiger charge is -2.10. The molecule has 2 atom stereocenters. The molecular weight excluding hydrogens is 404 g/mol. The first-order valence-electron chi connectivity index (χ1n) is 9.82. The molecule has 1 aliphatic carbocycles. The van der Waals surface area contributed by atoms with Crippen molar-refractivity contribution in [1.82, 2.24) is 15.0 Å². The van der Waals surface area contributed by atoms with Gasteiger partial charge in [0.2, 0.25) is 11.9 Å². The molecule has 2 heterocycles. The average molecular weight is 425 g/mol. The van der Waals surface area contributed by atoms with Gasteiger partial charge in [-0.2, -0.15) is 0 Å². The van der Waals surface area contributed by atoms with Crippen LogP contribution >= 0.6 is 0 Å². The fourth-order valence-electron chi connectivity index (χ4n) is 3.02. The number of alkyl halides is 2. The number of benzene rings is 1. The maximum atomic E-state index is 13.0. The summed E-state index contributed by atoms with van der Waals surface area (Å²) in [5.41, 5.74) is 3.39. The molecule has 31 heavy (non-hydrogen) atoms. The van der Waals surface area contributed by atoms with Crippen LogP contribution in [0.2, 0.25) is 0 Å². The summed E-state index contributed by atoms with van der Waals surface area (Å²) in [6.45, 7) is 1.92. The number of aliphatic hydroxyl groups is 1. The normalized spacial score (nSPS) is 17.6. The van der Waals surface area contributed by atoms with Crippen LogP contribution in [0.3, 0.4) is 0 Å². The first-order valence-corrected chi connectivity index (χ1v) is 9.82. The lowest BCUT2D eigenvalue weighted by Crippen LogP contribution is -2.17. The number of nitrogens with one attached hydrogen (secondary N) is 2. The summed E-state index contributed by atoms with van der Waals surface area (Å²) in [5.74, 6) is -4.45. The van der Waals surface area contributed by atoms with Gasteiger partial charge in [-0.05, 0) is 30.3 Å². The summed E-state index contributed by atoms with van der Waals surface area (Å²) in [7, 11) is 0. The summed E-state index contributed by atoms with van der Waals surface area (Å²) in [6, 6.07) is 12.2. The Bertz CT molecular complexity index is 1070. The summed E-state index contributed by atoms with van der Waals surface area (Å²) in [4.78, 5) is 24.8. The van der Waals surface area contributed by atoms with E-state index in [1.807, 2.05) is 19.1 Å². The number of anilines is 3. The Morgan fingerprint density at radius 3 is 2.48 bits per heavy atom. The lowest BCUT2D eigenvalue weighted by atomic mass is 10.1. The first-order chi connectivity index (χ1) is 14.9. The van der Waals surface area contributed by atoms with E-state index in [2.05, 4.69) is 25.6 Å². The summed E-state index contributed by atoms with van der Waals surface area (Å²) in [5, 5.41) is 14.8. The van der Waals surface area contributed by atoms with Gasteiger partial charge in [0.1, 0.15) is 5.92 Å². The molecule has 4 rings (SSSR count). The van der Waals surface area contributed by atoms with Crippen LogP contribution in [0.1, 0.15) is 25.0 Å². The van der Waals surface area contributed by atoms with Crippen LogP contribution in [0.15, 0.2) is 54.9 Å². The van der Waals surface area contributed by atoms with E-state index in [1.165, 1.54) is 0 Å². The van der Waals surface area contributed by atoms with Gasteiger partial charge in [0, 0.05) is 35.5 Å². The number of rotatable bonds is 7. The third-order valence-corrected chi connectivity index (χ3v) is 5.07. The second-order valence-electron chi connectivity index (χ2n) is 7.53. The number of carbonyl (C=O) groups excluding carboxylic acids is 1. The molecule has 160 valence electrons. The average Bonchev–Trinajstić information content (AvgIpc) is 3.43. The van der Waals surface area contributed by atoms with Crippen LogP contribution in [0.4, 0.5) is 26.1 Å². The van der Waals surface area contributed by atoms with Crippen molar-refractivity contribution in [2.24, 2.45) is 5.92 Å². The minimum atomic E-state index is -2.89. The van der Waals surface area contributed by atoms with E-state index in [9.17, 15) is 18.7 Å². The second kappa shape index (κ2) is 8.35. The Morgan fingerprint density at radius 1 is 1.16 bits per heavy atom. The Balaban J connectivity index is 1.42. The van der Waals surface area contributed by atoms with Crippen LogP contribution in [-0.4, -0.2) is 38.5 Å². The number of hydrogen-bond donors (Lipinski definition) is 3. The van der Waals surface area contributed by atoms with Crippen LogP contribution in [-0.2, 0) is 4.79 Å². The maximum Gasteiger partial charge on any atom is 0.260 e. The highest BCUT2D eigenvalue weighted by Crippen LogP contribution is 2.49. The van der Waals surface area contributed by atoms with Gasteiger partial charge in [-0.3, -0.25) is 9.78 Å². The number of halogens is 2. The predicted octanol–water partition coefficient (Wildman–Crippen LogP) is 3.97. The highest BCUT2D eigenvalue weighted by Gasteiger charge is 2.61. The third-order valence-electron chi connectivity index (χ3n) is 5.07. The van der Waals surface area contributed by atoms with Gasteiger partial charge in [0.05, 0.1) is 24.2 Å². The SMILES string of the molecule is CC(CO)c1ccc(Nc2nccc(-c3ccc(NC(=O)C4CC4(F)F)cc3)n2)cn1. The van der Waals surface area contributed by atoms with Crippen LogP contribution < -0.4 is 10.6 Å². The smallest absolute Gasteiger partial charge is 0.260 e. The van der Waals surface area contributed by atoms with E-state index >= 15 is 0 Å². The van der Waals surface area contributed by atoms with Crippen molar-refractivity contribution in [3.63, 3.8) is 0 Å². The maximum absolute atomic E-state index is 13.0. The lowest BCUT2D eigenvalue weighted by molar-refractivity contribution is -0.119. The Morgan fingerprint density at radius 2 is 1.87 bits per heavy atom. The Kier molecular flexibility index (Phi) is 5.60. The van der Waals surface area contributed by atoms with Crippen molar-refractivity contribution in [2.45, 2.75) is 25.2 Å². The zero-order chi connectivity index (χ0) is 22.0. The fraction of sp³-hybridized carbons (Fsp3) is 0.273. The molecule has 1 saturated carbocycles. The minimum absolute atomic E-state index is 0.0282. The highest BCUT2D eigenvalue weighted by atomic mass is 19.3. The Labute approximate surface area is 177 Å². The number of aromatic nitrogens is 3. The molecule has 3 N–H and O–H groups in total. The van der Waals surface area contributed by atoms with Crippen LogP contribution in [0.25, 0.3) is 11.3 Å². The van der Waals surface area contributed by atoms with Crippen molar-refractivity contribution >= 4 is 23.2 Å². The minimum Gasteiger partial charge on any atom is -0.396 e. The van der Waals surface area contributed by atoms with Crippen LogP contribution in [0, 0.1) is 5.92 Å². The molecule has 0 saturated heterocycles. The van der Waals surface area contributed by atoms with Crippen molar-refractivity contribution in [3.8, 4) is 11.3 Å². The van der Waals surface area contributed by atoms with Crippen molar-refractivity contribution < 1.29 is 18.7 Å². The van der Waals surface area contributed by atoms with Gasteiger partial charge in [-0.1, -0.05) is 19.1 Å². The molecule has 1 amide bonds. The monoisotopic (exact) mass is 425 g/mol. The fourth-order valence-corrected chi connectivity index (χ4v) is 3.02. The molecule has 1 aromatic carbocycles. The van der Waals surface area contributed by atoms with E-state index in [4.69, 9.17) is 0 Å². The first kappa shape index (κ1) is 20.8. The van der Waals surface area contributed by atoms with E-state index in [0.29, 0.717) is 23.0 Å². The third kappa shape index (κ3) is 4.83. The summed E-state index contributed by atoms with van der Waals surface area (Å²) in [6.07, 6.45) is 2.87. The topological polar surface area (TPSA) is 100 Å². The molecular formula is C22H21F2N5O2. The molecule has 9 heteroatoms. The van der Waals surface area contributed by atoms with Gasteiger partial charge >= 0.3 is 0 Å². The van der Waals surface area contributed by atoms with Gasteiger partial charge in [-0.25, -0.2) is 18.7 Å². The molecule has 1 aliphatic rings. The zero-order valence-electron chi connectivity index (χ0n) is 16.7. The van der Waals surface area contributed by atoms with E-state index in [-0.39, 0.29) is 12.5 Å². The van der Waals surface area contributed by atoms with E-state index in [0.717, 1.165) is 11.3 Å². The number of pyridine rings is 1.